The molecule has 0 amide bonds. The van der Waals surface area contributed by atoms with Crippen LogP contribution in [0.1, 0.15) is 21.6 Å². The van der Waals surface area contributed by atoms with E-state index in [0.717, 1.165) is 22.2 Å². The van der Waals surface area contributed by atoms with Crippen LogP contribution in [0.2, 0.25) is 0 Å². The molecule has 1 aliphatic rings. The number of aromatic amines is 2. The fourth-order valence-electron chi connectivity index (χ4n) is 3.53. The highest BCUT2D eigenvalue weighted by atomic mass is 16.1. The number of anilines is 1. The molecule has 0 bridgehead atoms. The van der Waals surface area contributed by atoms with Crippen LogP contribution >= 0.6 is 0 Å². The van der Waals surface area contributed by atoms with Gasteiger partial charge in [-0.15, -0.1) is 5.10 Å². The first-order chi connectivity index (χ1) is 11.8. The molecule has 24 heavy (non-hydrogen) atoms. The third-order valence-corrected chi connectivity index (χ3v) is 4.63. The van der Waals surface area contributed by atoms with Crippen LogP contribution in [0.5, 0.6) is 0 Å². The first-order valence-electron chi connectivity index (χ1n) is 7.66. The van der Waals surface area contributed by atoms with E-state index in [4.69, 9.17) is 0 Å². The number of hydrogen-bond donors (Lipinski definition) is 3. The predicted octanol–water partition coefficient (Wildman–Crippen LogP) is 2.84. The number of ketones is 1. The van der Waals surface area contributed by atoms with Crippen molar-refractivity contribution in [2.75, 3.05) is 5.32 Å². The van der Waals surface area contributed by atoms with Crippen molar-refractivity contribution in [1.29, 1.82) is 0 Å². The van der Waals surface area contributed by atoms with E-state index < -0.39 is 5.54 Å². The fraction of sp³-hybridized carbons (Fsp3) is 0.0556. The van der Waals surface area contributed by atoms with Crippen LogP contribution < -0.4 is 5.32 Å². The Morgan fingerprint density at radius 1 is 0.958 bits per heavy atom. The maximum Gasteiger partial charge on any atom is 0.201 e. The minimum Gasteiger partial charge on any atom is -0.363 e. The minimum atomic E-state index is -1.09. The van der Waals surface area contributed by atoms with Gasteiger partial charge < -0.3 is 10.3 Å². The number of rotatable bonds is 2. The zero-order valence-electron chi connectivity index (χ0n) is 12.6. The molecule has 1 aliphatic heterocycles. The van der Waals surface area contributed by atoms with Gasteiger partial charge in [0.25, 0.3) is 0 Å². The van der Waals surface area contributed by atoms with Gasteiger partial charge in [-0.3, -0.25) is 9.89 Å². The Bertz CT molecular complexity index is 1070. The molecule has 0 fully saturated rings. The van der Waals surface area contributed by atoms with Crippen molar-refractivity contribution in [1.82, 2.24) is 20.4 Å². The standard InChI is InChI=1S/C18H13N5O/c24-17-12-6-2-4-8-15(12)21-18(17,16-10-20-23-22-16)13-9-19-14-7-3-1-5-11(13)14/h1-10,19,21H,(H,20,22,23). The third-order valence-electron chi connectivity index (χ3n) is 4.63. The smallest absolute Gasteiger partial charge is 0.201 e. The molecule has 0 aliphatic carbocycles. The van der Waals surface area contributed by atoms with Crippen LogP contribution in [-0.4, -0.2) is 26.2 Å². The number of nitrogens with zero attached hydrogens (tertiary/aromatic N) is 2. The summed E-state index contributed by atoms with van der Waals surface area (Å²) in [6, 6.07) is 15.4. The van der Waals surface area contributed by atoms with E-state index in [0.29, 0.717) is 11.3 Å². The predicted molar refractivity (Wildman–Crippen MR) is 89.9 cm³/mol. The molecule has 4 aromatic rings. The van der Waals surface area contributed by atoms with Crippen molar-refractivity contribution in [3.05, 3.63) is 77.7 Å². The molecular weight excluding hydrogens is 302 g/mol. The molecule has 3 N–H and O–H groups in total. The van der Waals surface area contributed by atoms with E-state index in [1.54, 1.807) is 6.20 Å². The number of carbonyl (C=O) groups is 1. The molecule has 1 atom stereocenters. The number of Topliss-reactive ketones (excluding diaryl/α,β-unsaturated/α-hetero) is 1. The van der Waals surface area contributed by atoms with Gasteiger partial charge >= 0.3 is 0 Å². The van der Waals surface area contributed by atoms with Gasteiger partial charge in [0.1, 0.15) is 5.69 Å². The van der Waals surface area contributed by atoms with Crippen molar-refractivity contribution < 1.29 is 4.79 Å². The SMILES string of the molecule is O=C1c2ccccc2NC1(c1c[nH]nn1)c1c[nH]c2ccccc12. The zero-order valence-corrected chi connectivity index (χ0v) is 12.6. The molecule has 5 rings (SSSR count). The highest BCUT2D eigenvalue weighted by Crippen LogP contribution is 2.44. The van der Waals surface area contributed by atoms with Crippen molar-refractivity contribution in [3.8, 4) is 0 Å². The topological polar surface area (TPSA) is 86.5 Å². The van der Waals surface area contributed by atoms with Gasteiger partial charge in [-0.2, -0.15) is 0 Å². The minimum absolute atomic E-state index is 0.0308. The molecule has 2 aromatic heterocycles. The second-order valence-corrected chi connectivity index (χ2v) is 5.86. The quantitative estimate of drug-likeness (QED) is 0.531. The van der Waals surface area contributed by atoms with Gasteiger partial charge in [0.15, 0.2) is 5.54 Å². The second kappa shape index (κ2) is 4.55. The van der Waals surface area contributed by atoms with Gasteiger partial charge in [-0.1, -0.05) is 35.5 Å². The van der Waals surface area contributed by atoms with Gasteiger partial charge in [0, 0.05) is 40.1 Å². The van der Waals surface area contributed by atoms with E-state index >= 15 is 0 Å². The highest BCUT2D eigenvalue weighted by Gasteiger charge is 2.51. The lowest BCUT2D eigenvalue weighted by molar-refractivity contribution is 0.0939. The van der Waals surface area contributed by atoms with E-state index in [1.807, 2.05) is 54.7 Å². The summed E-state index contributed by atoms with van der Waals surface area (Å²) in [4.78, 5) is 16.6. The largest absolute Gasteiger partial charge is 0.363 e. The zero-order chi connectivity index (χ0) is 16.1. The fourth-order valence-corrected chi connectivity index (χ4v) is 3.53. The number of H-pyrrole nitrogens is 2. The molecule has 116 valence electrons. The van der Waals surface area contributed by atoms with Crippen molar-refractivity contribution in [2.45, 2.75) is 5.54 Å². The van der Waals surface area contributed by atoms with Crippen molar-refractivity contribution >= 4 is 22.4 Å². The lowest BCUT2D eigenvalue weighted by atomic mass is 9.83. The Labute approximate surface area is 136 Å². The molecule has 1 unspecified atom stereocenters. The van der Waals surface area contributed by atoms with E-state index in [2.05, 4.69) is 25.7 Å². The summed E-state index contributed by atoms with van der Waals surface area (Å²) in [5.74, 6) is -0.0308. The summed E-state index contributed by atoms with van der Waals surface area (Å²) >= 11 is 0. The number of carbonyl (C=O) groups excluding carboxylic acids is 1. The Kier molecular flexibility index (Phi) is 2.48. The summed E-state index contributed by atoms with van der Waals surface area (Å²) in [5, 5.41) is 15.1. The van der Waals surface area contributed by atoms with Gasteiger partial charge in [0.05, 0.1) is 0 Å². The van der Waals surface area contributed by atoms with Crippen LogP contribution in [0.3, 0.4) is 0 Å². The molecule has 6 nitrogen and oxygen atoms in total. The first-order valence-corrected chi connectivity index (χ1v) is 7.66. The molecule has 0 radical (unpaired) electrons. The Hall–Kier alpha value is -3.41. The maximum atomic E-state index is 13.4. The molecule has 0 spiro atoms. The highest BCUT2D eigenvalue weighted by molar-refractivity contribution is 6.17. The van der Waals surface area contributed by atoms with E-state index in [9.17, 15) is 4.79 Å². The number of nitrogens with one attached hydrogen (secondary N) is 3. The monoisotopic (exact) mass is 315 g/mol. The number of hydrogen-bond acceptors (Lipinski definition) is 4. The van der Waals surface area contributed by atoms with Gasteiger partial charge in [0.2, 0.25) is 5.78 Å². The molecular formula is C18H13N5O. The van der Waals surface area contributed by atoms with E-state index in [-0.39, 0.29) is 5.78 Å². The second-order valence-electron chi connectivity index (χ2n) is 5.86. The van der Waals surface area contributed by atoms with E-state index in [1.165, 1.54) is 0 Å². The Balaban J connectivity index is 1.84. The van der Waals surface area contributed by atoms with Crippen molar-refractivity contribution in [3.63, 3.8) is 0 Å². The number of benzene rings is 2. The van der Waals surface area contributed by atoms with Crippen LogP contribution in [-0.2, 0) is 5.54 Å². The van der Waals surface area contributed by atoms with Crippen LogP contribution in [0.4, 0.5) is 5.69 Å². The Morgan fingerprint density at radius 3 is 2.62 bits per heavy atom. The first kappa shape index (κ1) is 13.1. The summed E-state index contributed by atoms with van der Waals surface area (Å²) in [5.41, 5.74) is 2.74. The van der Waals surface area contributed by atoms with Crippen molar-refractivity contribution in [2.24, 2.45) is 0 Å². The molecule has 6 heteroatoms. The lowest BCUT2D eigenvalue weighted by Gasteiger charge is -2.26. The third kappa shape index (κ3) is 1.52. The molecule has 0 saturated heterocycles. The normalized spacial score (nSPS) is 19.4. The van der Waals surface area contributed by atoms with Gasteiger partial charge in [-0.25, -0.2) is 0 Å². The summed E-state index contributed by atoms with van der Waals surface area (Å²) in [6.07, 6.45) is 3.54. The molecule has 0 saturated carbocycles. The van der Waals surface area contributed by atoms with Crippen LogP contribution in [0.25, 0.3) is 10.9 Å². The van der Waals surface area contributed by atoms with Gasteiger partial charge in [-0.05, 0) is 18.2 Å². The number of fused-ring (bicyclic) bond motifs is 2. The number of aromatic nitrogens is 4. The summed E-state index contributed by atoms with van der Waals surface area (Å²) in [6.45, 7) is 0. The average molecular weight is 315 g/mol. The average Bonchev–Trinajstić information content (AvgIpc) is 3.34. The Morgan fingerprint density at radius 2 is 1.79 bits per heavy atom. The lowest BCUT2D eigenvalue weighted by Crippen LogP contribution is -2.40. The van der Waals surface area contributed by atoms with Crippen LogP contribution in [0.15, 0.2) is 60.9 Å². The molecule has 3 heterocycles. The summed E-state index contributed by atoms with van der Waals surface area (Å²) < 4.78 is 0. The van der Waals surface area contributed by atoms with Crippen LogP contribution in [0, 0.1) is 0 Å². The molecule has 2 aromatic carbocycles. The number of para-hydroxylation sites is 2. The maximum absolute atomic E-state index is 13.4. The summed E-state index contributed by atoms with van der Waals surface area (Å²) in [7, 11) is 0.